The van der Waals surface area contributed by atoms with Gasteiger partial charge in [-0.2, -0.15) is 0 Å². The number of ether oxygens (including phenoxy) is 1. The van der Waals surface area contributed by atoms with Crippen molar-refractivity contribution < 1.29 is 24.2 Å². The molecule has 0 aliphatic carbocycles. The molecule has 0 saturated carbocycles. The summed E-state index contributed by atoms with van der Waals surface area (Å²) in [4.78, 5) is 44.1. The first-order valence-electron chi connectivity index (χ1n) is 12.9. The van der Waals surface area contributed by atoms with E-state index in [1.165, 1.54) is 0 Å². The van der Waals surface area contributed by atoms with Crippen molar-refractivity contribution in [3.8, 4) is 0 Å². The van der Waals surface area contributed by atoms with Gasteiger partial charge in [-0.1, -0.05) is 15.9 Å². The number of hydrogen-bond donors (Lipinski definition) is 3. The Morgan fingerprint density at radius 1 is 1.17 bits per heavy atom. The summed E-state index contributed by atoms with van der Waals surface area (Å²) < 4.78 is 6.43. The molecule has 3 aliphatic heterocycles. The van der Waals surface area contributed by atoms with E-state index in [-0.39, 0.29) is 29.2 Å². The van der Waals surface area contributed by atoms with Gasteiger partial charge in [0, 0.05) is 49.5 Å². The van der Waals surface area contributed by atoms with E-state index in [0.29, 0.717) is 31.5 Å². The second-order valence-electron chi connectivity index (χ2n) is 9.80. The van der Waals surface area contributed by atoms with E-state index < -0.39 is 29.6 Å². The van der Waals surface area contributed by atoms with Gasteiger partial charge in [0.15, 0.2) is 0 Å². The Morgan fingerprint density at radius 2 is 1.86 bits per heavy atom. The van der Waals surface area contributed by atoms with Gasteiger partial charge in [-0.25, -0.2) is 0 Å². The van der Waals surface area contributed by atoms with Crippen LogP contribution >= 0.6 is 15.9 Å². The lowest BCUT2D eigenvalue weighted by molar-refractivity contribution is -0.140. The fourth-order valence-electron chi connectivity index (χ4n) is 6.26. The van der Waals surface area contributed by atoms with E-state index in [1.807, 2.05) is 24.3 Å². The second kappa shape index (κ2) is 11.1. The van der Waals surface area contributed by atoms with Crippen LogP contribution in [-0.4, -0.2) is 83.6 Å². The summed E-state index contributed by atoms with van der Waals surface area (Å²) >= 11 is 3.66. The fraction of sp³-hybridized carbons (Fsp3) is 0.654. The molecule has 3 N–H and O–H groups in total. The Kier molecular flexibility index (Phi) is 8.26. The number of halogens is 1. The van der Waals surface area contributed by atoms with Crippen LogP contribution in [0.3, 0.4) is 0 Å². The van der Waals surface area contributed by atoms with Crippen LogP contribution in [0, 0.1) is 11.8 Å². The zero-order valence-electron chi connectivity index (χ0n) is 21.2. The van der Waals surface area contributed by atoms with Crippen LogP contribution in [0.15, 0.2) is 24.3 Å². The highest BCUT2D eigenvalue weighted by atomic mass is 79.9. The summed E-state index contributed by atoms with van der Waals surface area (Å²) in [6.45, 7) is 6.43. The molecule has 3 aliphatic rings. The minimum Gasteiger partial charge on any atom is -0.396 e. The van der Waals surface area contributed by atoms with Crippen LogP contribution < -0.4 is 15.5 Å². The van der Waals surface area contributed by atoms with Crippen molar-refractivity contribution in [2.75, 3.05) is 43.5 Å². The Hall–Kier alpha value is -2.17. The van der Waals surface area contributed by atoms with E-state index in [1.54, 1.807) is 11.9 Å². The number of nitrogens with zero attached hydrogens (tertiary/aromatic N) is 2. The smallest absolute Gasteiger partial charge is 0.250 e. The largest absolute Gasteiger partial charge is 0.396 e. The first-order valence-corrected chi connectivity index (χ1v) is 13.8. The number of rotatable bonds is 11. The number of amides is 3. The molecule has 0 radical (unpaired) electrons. The zero-order chi connectivity index (χ0) is 26.0. The highest BCUT2D eigenvalue weighted by Gasteiger charge is 2.76. The molecule has 1 spiro atoms. The monoisotopic (exact) mass is 564 g/mol. The molecule has 0 aromatic heterocycles. The summed E-state index contributed by atoms with van der Waals surface area (Å²) in [7, 11) is 1.56. The summed E-state index contributed by atoms with van der Waals surface area (Å²) in [5.74, 6) is -2.09. The summed E-state index contributed by atoms with van der Waals surface area (Å²) in [6.07, 6.45) is 2.05. The van der Waals surface area contributed by atoms with E-state index in [9.17, 15) is 14.4 Å². The van der Waals surface area contributed by atoms with E-state index in [2.05, 4.69) is 45.3 Å². The maximum absolute atomic E-state index is 13.8. The molecular formula is C26H37BrN4O5. The number of alkyl halides is 1. The van der Waals surface area contributed by atoms with Crippen LogP contribution in [0.2, 0.25) is 0 Å². The first kappa shape index (κ1) is 26.9. The molecule has 1 aromatic rings. The number of anilines is 2. The van der Waals surface area contributed by atoms with Crippen molar-refractivity contribution in [2.45, 2.75) is 62.1 Å². The maximum atomic E-state index is 13.8. The predicted molar refractivity (Wildman–Crippen MR) is 141 cm³/mol. The highest BCUT2D eigenvalue weighted by Crippen LogP contribution is 2.60. The Labute approximate surface area is 221 Å². The average Bonchev–Trinajstić information content (AvgIpc) is 3.46. The minimum absolute atomic E-state index is 0.0860. The number of hydrogen-bond acceptors (Lipinski definition) is 6. The number of nitrogens with one attached hydrogen (secondary N) is 2. The van der Waals surface area contributed by atoms with Crippen molar-refractivity contribution in [1.82, 2.24) is 10.2 Å². The summed E-state index contributed by atoms with van der Waals surface area (Å²) in [5.41, 5.74) is 0.663. The van der Waals surface area contributed by atoms with Crippen LogP contribution in [-0.2, 0) is 19.1 Å². The lowest BCUT2D eigenvalue weighted by atomic mass is 9.70. The minimum atomic E-state index is -1.06. The Bertz CT molecular complexity index is 972. The second-order valence-corrected chi connectivity index (χ2v) is 11.0. The van der Waals surface area contributed by atoms with E-state index in [0.717, 1.165) is 25.2 Å². The quantitative estimate of drug-likeness (QED) is 0.280. The molecule has 3 saturated heterocycles. The molecule has 198 valence electrons. The van der Waals surface area contributed by atoms with Crippen LogP contribution in [0.5, 0.6) is 0 Å². The number of benzene rings is 1. The summed E-state index contributed by atoms with van der Waals surface area (Å²) in [5, 5.41) is 14.8. The molecule has 3 heterocycles. The number of likely N-dealkylation sites (tertiary alicyclic amines) is 1. The number of unbranched alkanes of at least 4 members (excludes halogenated alkanes) is 2. The van der Waals surface area contributed by atoms with Gasteiger partial charge in [0.25, 0.3) is 0 Å². The third-order valence-corrected chi connectivity index (χ3v) is 8.75. The number of fused-ring (bicyclic) bond motifs is 1. The lowest BCUT2D eigenvalue weighted by Crippen LogP contribution is -2.54. The van der Waals surface area contributed by atoms with Gasteiger partial charge in [0.2, 0.25) is 17.7 Å². The predicted octanol–water partition coefficient (Wildman–Crippen LogP) is 2.13. The molecule has 2 bridgehead atoms. The summed E-state index contributed by atoms with van der Waals surface area (Å²) in [6, 6.07) is 6.85. The van der Waals surface area contributed by atoms with Crippen LogP contribution in [0.4, 0.5) is 11.4 Å². The highest BCUT2D eigenvalue weighted by molar-refractivity contribution is 9.09. The molecular weight excluding hydrogens is 528 g/mol. The van der Waals surface area contributed by atoms with E-state index >= 15 is 0 Å². The fourth-order valence-corrected chi connectivity index (χ4v) is 7.21. The molecule has 3 amide bonds. The standard InChI is InChI=1S/C26H37BrN4O5/c1-4-30(5-2)17-11-9-16(10-12-17)29-24(34)22-26-15-18(27)21(36-26)19(23(33)28-3)20(26)25(35)31(22)13-7-6-8-14-32/h9-12,18-22,32H,4-8,13-15H2,1-3H3,(H,28,33)(H,29,34)/t18?,19-,20-,21-,22?,26?/m0/s1. The van der Waals surface area contributed by atoms with Gasteiger partial charge in [0.1, 0.15) is 11.6 Å². The molecule has 3 unspecified atom stereocenters. The number of carbonyl (C=O) groups excluding carboxylic acids is 3. The zero-order valence-corrected chi connectivity index (χ0v) is 22.8. The molecule has 1 aromatic carbocycles. The van der Waals surface area contributed by atoms with Crippen molar-refractivity contribution >= 4 is 45.0 Å². The number of carbonyl (C=O) groups is 3. The van der Waals surface area contributed by atoms with Gasteiger partial charge in [-0.3, -0.25) is 14.4 Å². The number of aliphatic hydroxyl groups is 1. The Morgan fingerprint density at radius 3 is 2.47 bits per heavy atom. The van der Waals surface area contributed by atoms with Gasteiger partial charge < -0.3 is 30.3 Å². The number of aliphatic hydroxyl groups excluding tert-OH is 1. The third kappa shape index (κ3) is 4.52. The molecule has 10 heteroatoms. The van der Waals surface area contributed by atoms with E-state index in [4.69, 9.17) is 9.84 Å². The van der Waals surface area contributed by atoms with Gasteiger partial charge in [0.05, 0.1) is 17.9 Å². The van der Waals surface area contributed by atoms with Gasteiger partial charge in [-0.15, -0.1) is 0 Å². The van der Waals surface area contributed by atoms with Gasteiger partial charge in [-0.05, 0) is 63.8 Å². The SMILES string of the molecule is CCN(CC)c1ccc(NC(=O)C2N(CCCCCO)C(=O)[C@@H]3[C@H](C(=O)NC)[C@H]4OC23CC4Br)cc1. The average molecular weight is 566 g/mol. The molecule has 9 nitrogen and oxygen atoms in total. The van der Waals surface area contributed by atoms with Crippen molar-refractivity contribution in [3.63, 3.8) is 0 Å². The molecule has 6 atom stereocenters. The van der Waals surface area contributed by atoms with Crippen molar-refractivity contribution in [3.05, 3.63) is 24.3 Å². The maximum Gasteiger partial charge on any atom is 0.250 e. The van der Waals surface area contributed by atoms with Crippen LogP contribution in [0.1, 0.15) is 39.5 Å². The van der Waals surface area contributed by atoms with Crippen LogP contribution in [0.25, 0.3) is 0 Å². The third-order valence-electron chi connectivity index (χ3n) is 7.91. The normalized spacial score (nSPS) is 30.4. The molecule has 3 fully saturated rings. The topological polar surface area (TPSA) is 111 Å². The van der Waals surface area contributed by atoms with Crippen molar-refractivity contribution in [2.24, 2.45) is 11.8 Å². The Balaban J connectivity index is 1.62. The lowest BCUT2D eigenvalue weighted by Gasteiger charge is -2.34. The molecule has 36 heavy (non-hydrogen) atoms. The van der Waals surface area contributed by atoms with Gasteiger partial charge >= 0.3 is 0 Å². The van der Waals surface area contributed by atoms with Crippen molar-refractivity contribution in [1.29, 1.82) is 0 Å². The molecule has 4 rings (SSSR count). The first-order chi connectivity index (χ1) is 17.3.